The molecule has 3 atom stereocenters. The highest BCUT2D eigenvalue weighted by molar-refractivity contribution is 5.78. The molecule has 0 aliphatic carbocycles. The molecule has 1 aliphatic heterocycles. The summed E-state index contributed by atoms with van der Waals surface area (Å²) in [4.78, 5) is 12.5. The van der Waals surface area contributed by atoms with Crippen LogP contribution in [-0.4, -0.2) is 38.9 Å². The molecular formula is C22H29N3O4. The zero-order chi connectivity index (χ0) is 21.0. The number of carbonyl (C=O) groups is 1. The Morgan fingerprint density at radius 3 is 2.41 bits per heavy atom. The lowest BCUT2D eigenvalue weighted by Crippen LogP contribution is -2.47. The van der Waals surface area contributed by atoms with Crippen molar-refractivity contribution in [3.63, 3.8) is 0 Å². The van der Waals surface area contributed by atoms with Gasteiger partial charge in [-0.05, 0) is 50.1 Å². The molecule has 29 heavy (non-hydrogen) atoms. The van der Waals surface area contributed by atoms with Crippen LogP contribution in [0.2, 0.25) is 0 Å². The smallest absolute Gasteiger partial charge is 0.259 e. The second-order valence-corrected chi connectivity index (χ2v) is 7.32. The van der Waals surface area contributed by atoms with Gasteiger partial charge in [-0.1, -0.05) is 23.8 Å². The zero-order valence-electron chi connectivity index (χ0n) is 17.5. The van der Waals surface area contributed by atoms with Crippen LogP contribution >= 0.6 is 0 Å². The highest BCUT2D eigenvalue weighted by Crippen LogP contribution is 2.34. The van der Waals surface area contributed by atoms with E-state index in [9.17, 15) is 4.79 Å². The van der Waals surface area contributed by atoms with Crippen molar-refractivity contribution in [3.05, 3.63) is 53.1 Å². The number of nitrogens with one attached hydrogen (secondary N) is 3. The second kappa shape index (κ2) is 9.15. The number of methoxy groups -OCH3 is 2. The number of ether oxygens (including phenoxy) is 3. The van der Waals surface area contributed by atoms with E-state index in [4.69, 9.17) is 14.2 Å². The number of aryl methyl sites for hydroxylation is 2. The summed E-state index contributed by atoms with van der Waals surface area (Å²) >= 11 is 0. The molecule has 0 aromatic heterocycles. The van der Waals surface area contributed by atoms with Crippen LogP contribution in [0.5, 0.6) is 17.2 Å². The second-order valence-electron chi connectivity index (χ2n) is 7.32. The van der Waals surface area contributed by atoms with Gasteiger partial charge in [0.15, 0.2) is 18.1 Å². The van der Waals surface area contributed by atoms with Crippen molar-refractivity contribution in [3.8, 4) is 17.2 Å². The van der Waals surface area contributed by atoms with Crippen molar-refractivity contribution in [1.82, 2.24) is 16.2 Å². The van der Waals surface area contributed by atoms with Gasteiger partial charge in [0.25, 0.3) is 5.91 Å². The molecule has 0 saturated carbocycles. The Morgan fingerprint density at radius 2 is 1.72 bits per heavy atom. The first-order chi connectivity index (χ1) is 13.9. The average Bonchev–Trinajstić information content (AvgIpc) is 3.06. The topological polar surface area (TPSA) is 80.9 Å². The molecule has 1 heterocycles. The van der Waals surface area contributed by atoms with Crippen molar-refractivity contribution in [2.75, 3.05) is 20.8 Å². The molecule has 0 bridgehead atoms. The van der Waals surface area contributed by atoms with E-state index in [1.165, 1.54) is 0 Å². The highest BCUT2D eigenvalue weighted by atomic mass is 16.5. The van der Waals surface area contributed by atoms with E-state index in [-0.39, 0.29) is 30.6 Å². The van der Waals surface area contributed by atoms with Crippen molar-refractivity contribution in [2.24, 2.45) is 0 Å². The summed E-state index contributed by atoms with van der Waals surface area (Å²) < 4.78 is 16.4. The molecule has 3 unspecified atom stereocenters. The van der Waals surface area contributed by atoms with E-state index in [1.54, 1.807) is 14.2 Å². The van der Waals surface area contributed by atoms with Crippen LogP contribution in [0, 0.1) is 13.8 Å². The Kier molecular flexibility index (Phi) is 6.61. The van der Waals surface area contributed by atoms with Gasteiger partial charge in [-0.15, -0.1) is 0 Å². The van der Waals surface area contributed by atoms with Gasteiger partial charge < -0.3 is 19.5 Å². The van der Waals surface area contributed by atoms with Gasteiger partial charge in [-0.2, -0.15) is 0 Å². The van der Waals surface area contributed by atoms with Crippen molar-refractivity contribution < 1.29 is 19.0 Å². The number of rotatable bonds is 7. The minimum absolute atomic E-state index is 0.0138. The SMILES string of the molecule is COc1ccc(C2C(C)NNC2NC(=O)COc2ccc(C)cc2C)cc1OC. The molecule has 2 aromatic carbocycles. The molecule has 1 saturated heterocycles. The molecule has 1 fully saturated rings. The zero-order valence-corrected chi connectivity index (χ0v) is 17.5. The molecule has 2 aromatic rings. The molecular weight excluding hydrogens is 370 g/mol. The Hall–Kier alpha value is -2.77. The fourth-order valence-corrected chi connectivity index (χ4v) is 3.68. The number of amides is 1. The third-order valence-electron chi connectivity index (χ3n) is 5.16. The largest absolute Gasteiger partial charge is 0.493 e. The Bertz CT molecular complexity index is 871. The molecule has 7 nitrogen and oxygen atoms in total. The van der Waals surface area contributed by atoms with Crippen LogP contribution in [-0.2, 0) is 4.79 Å². The van der Waals surface area contributed by atoms with E-state index in [0.29, 0.717) is 17.2 Å². The molecule has 1 aliphatic rings. The Morgan fingerprint density at radius 1 is 1.00 bits per heavy atom. The fraction of sp³-hybridized carbons (Fsp3) is 0.409. The summed E-state index contributed by atoms with van der Waals surface area (Å²) in [6, 6.07) is 11.8. The standard InChI is InChI=1S/C22H29N3O4/c1-13-6-8-17(14(2)10-13)29-12-20(26)23-22-21(15(3)24-25-22)16-7-9-18(27-4)19(11-16)28-5/h6-11,15,21-22,24-25H,12H2,1-5H3,(H,23,26). The first-order valence-electron chi connectivity index (χ1n) is 9.65. The van der Waals surface area contributed by atoms with Gasteiger partial charge >= 0.3 is 0 Å². The third kappa shape index (κ3) is 4.81. The first kappa shape index (κ1) is 21.0. The summed E-state index contributed by atoms with van der Waals surface area (Å²) in [7, 11) is 3.22. The molecule has 0 radical (unpaired) electrons. The van der Waals surface area contributed by atoms with Crippen LogP contribution in [0.4, 0.5) is 0 Å². The maximum atomic E-state index is 12.5. The average molecular weight is 399 g/mol. The molecule has 1 amide bonds. The lowest BCUT2D eigenvalue weighted by molar-refractivity contribution is -0.124. The quantitative estimate of drug-likeness (QED) is 0.664. The van der Waals surface area contributed by atoms with Crippen LogP contribution in [0.15, 0.2) is 36.4 Å². The normalized spacial score (nSPS) is 20.9. The van der Waals surface area contributed by atoms with E-state index in [2.05, 4.69) is 23.1 Å². The number of hydrogen-bond acceptors (Lipinski definition) is 6. The van der Waals surface area contributed by atoms with E-state index in [1.807, 2.05) is 50.2 Å². The van der Waals surface area contributed by atoms with E-state index in [0.717, 1.165) is 16.7 Å². The lowest BCUT2D eigenvalue weighted by atomic mass is 9.91. The van der Waals surface area contributed by atoms with E-state index < -0.39 is 0 Å². The van der Waals surface area contributed by atoms with Gasteiger partial charge in [0.1, 0.15) is 11.9 Å². The summed E-state index contributed by atoms with van der Waals surface area (Å²) in [5.41, 5.74) is 9.56. The number of hydrazine groups is 1. The minimum atomic E-state index is -0.279. The van der Waals surface area contributed by atoms with Gasteiger partial charge in [0.2, 0.25) is 0 Å². The molecule has 3 rings (SSSR count). The van der Waals surface area contributed by atoms with Gasteiger partial charge in [0.05, 0.1) is 14.2 Å². The Labute approximate surface area is 171 Å². The summed E-state index contributed by atoms with van der Waals surface area (Å²) in [5.74, 6) is 1.87. The highest BCUT2D eigenvalue weighted by Gasteiger charge is 2.35. The monoisotopic (exact) mass is 399 g/mol. The minimum Gasteiger partial charge on any atom is -0.493 e. The fourth-order valence-electron chi connectivity index (χ4n) is 3.68. The maximum absolute atomic E-state index is 12.5. The molecule has 7 heteroatoms. The van der Waals surface area contributed by atoms with E-state index >= 15 is 0 Å². The third-order valence-corrected chi connectivity index (χ3v) is 5.16. The maximum Gasteiger partial charge on any atom is 0.259 e. The lowest BCUT2D eigenvalue weighted by Gasteiger charge is -2.23. The van der Waals surface area contributed by atoms with Gasteiger partial charge in [-0.25, -0.2) is 5.43 Å². The first-order valence-corrected chi connectivity index (χ1v) is 9.65. The number of benzene rings is 2. The molecule has 156 valence electrons. The molecule has 3 N–H and O–H groups in total. The Balaban J connectivity index is 1.67. The number of hydrogen-bond donors (Lipinski definition) is 3. The van der Waals surface area contributed by atoms with Crippen molar-refractivity contribution in [2.45, 2.75) is 38.9 Å². The predicted molar refractivity (Wildman–Crippen MR) is 111 cm³/mol. The van der Waals surface area contributed by atoms with Crippen LogP contribution in [0.3, 0.4) is 0 Å². The van der Waals surface area contributed by atoms with Crippen LogP contribution in [0.1, 0.15) is 29.5 Å². The summed E-state index contributed by atoms with van der Waals surface area (Å²) in [5, 5.41) is 3.02. The van der Waals surface area contributed by atoms with Crippen LogP contribution in [0.25, 0.3) is 0 Å². The molecule has 0 spiro atoms. The summed E-state index contributed by atoms with van der Waals surface area (Å²) in [6.45, 7) is 6.01. The number of carbonyl (C=O) groups excluding carboxylic acids is 1. The van der Waals surface area contributed by atoms with Crippen LogP contribution < -0.4 is 30.4 Å². The van der Waals surface area contributed by atoms with Crippen molar-refractivity contribution in [1.29, 1.82) is 0 Å². The predicted octanol–water partition coefficient (Wildman–Crippen LogP) is 2.42. The van der Waals surface area contributed by atoms with Gasteiger partial charge in [-0.3, -0.25) is 10.2 Å². The van der Waals surface area contributed by atoms with Gasteiger partial charge in [0, 0.05) is 12.0 Å². The summed E-state index contributed by atoms with van der Waals surface area (Å²) in [6.07, 6.45) is -0.279. The van der Waals surface area contributed by atoms with Crippen molar-refractivity contribution >= 4 is 5.91 Å².